The number of hydrogen-bond acceptors (Lipinski definition) is 4. The van der Waals surface area contributed by atoms with Crippen LogP contribution in [0, 0.1) is 5.92 Å². The first-order chi connectivity index (χ1) is 12.0. The van der Waals surface area contributed by atoms with E-state index in [2.05, 4.69) is 10.3 Å². The number of fused-ring (bicyclic) bond motifs is 1. The highest BCUT2D eigenvalue weighted by molar-refractivity contribution is 5.96. The monoisotopic (exact) mass is 348 g/mol. The topological polar surface area (TPSA) is 140 Å². The van der Waals surface area contributed by atoms with E-state index in [-0.39, 0.29) is 24.2 Å². The molecule has 1 aromatic rings. The van der Waals surface area contributed by atoms with Gasteiger partial charge in [0.25, 0.3) is 0 Å². The van der Waals surface area contributed by atoms with Gasteiger partial charge < -0.3 is 26.6 Å². The molecule has 6 N–H and O–H groups in total. The second kappa shape index (κ2) is 8.91. The summed E-state index contributed by atoms with van der Waals surface area (Å²) < 4.78 is 5.68. The van der Waals surface area contributed by atoms with Crippen molar-refractivity contribution < 1.29 is 19.4 Å². The Morgan fingerprint density at radius 3 is 2.88 bits per heavy atom. The lowest BCUT2D eigenvalue weighted by Crippen LogP contribution is -2.30. The molecule has 0 saturated heterocycles. The molecular formula is C17H24N4O4. The number of carbonyl (C=O) groups excluding carboxylic acids is 1. The van der Waals surface area contributed by atoms with Crippen LogP contribution in [0.2, 0.25) is 0 Å². The molecule has 1 aromatic carbocycles. The molecule has 25 heavy (non-hydrogen) atoms. The van der Waals surface area contributed by atoms with Crippen LogP contribution in [0.25, 0.3) is 0 Å². The van der Waals surface area contributed by atoms with Crippen molar-refractivity contribution in [1.82, 2.24) is 0 Å². The first-order valence-electron chi connectivity index (χ1n) is 8.29. The van der Waals surface area contributed by atoms with E-state index in [0.29, 0.717) is 31.7 Å². The summed E-state index contributed by atoms with van der Waals surface area (Å²) in [6, 6.07) is 5.58. The van der Waals surface area contributed by atoms with Crippen molar-refractivity contribution in [3.63, 3.8) is 0 Å². The van der Waals surface area contributed by atoms with Crippen LogP contribution in [0.3, 0.4) is 0 Å². The Hall–Kier alpha value is -2.77. The third-order valence-corrected chi connectivity index (χ3v) is 4.00. The molecule has 0 fully saturated rings. The molecule has 136 valence electrons. The van der Waals surface area contributed by atoms with Crippen molar-refractivity contribution in [2.45, 2.75) is 32.1 Å². The maximum absolute atomic E-state index is 12.1. The molecule has 8 nitrogen and oxygen atoms in total. The number of ether oxygens (including phenoxy) is 1. The SMILES string of the molecule is NC(N)=NCCCCOc1ccc2c(c1)NC(=O)C(CCC(=O)O)C2. The molecule has 2 rings (SSSR count). The van der Waals surface area contributed by atoms with Gasteiger partial charge in [0.2, 0.25) is 5.91 Å². The fraction of sp³-hybridized carbons (Fsp3) is 0.471. The van der Waals surface area contributed by atoms with Gasteiger partial charge in [-0.2, -0.15) is 0 Å². The Kier molecular flexibility index (Phi) is 6.62. The van der Waals surface area contributed by atoms with Gasteiger partial charge in [-0.1, -0.05) is 6.07 Å². The number of nitrogens with one attached hydrogen (secondary N) is 1. The molecule has 0 saturated carbocycles. The first kappa shape index (κ1) is 18.6. The summed E-state index contributed by atoms with van der Waals surface area (Å²) in [5.74, 6) is -0.547. The number of anilines is 1. The maximum atomic E-state index is 12.1. The number of nitrogens with zero attached hydrogens (tertiary/aromatic N) is 1. The number of unbranched alkanes of at least 4 members (excludes halogenated alkanes) is 1. The minimum Gasteiger partial charge on any atom is -0.494 e. The van der Waals surface area contributed by atoms with Crippen molar-refractivity contribution in [2.75, 3.05) is 18.5 Å². The molecule has 0 radical (unpaired) electrons. The summed E-state index contributed by atoms with van der Waals surface area (Å²) in [7, 11) is 0. The lowest BCUT2D eigenvalue weighted by Gasteiger charge is -2.24. The van der Waals surface area contributed by atoms with Crippen molar-refractivity contribution in [1.29, 1.82) is 0 Å². The highest BCUT2D eigenvalue weighted by Crippen LogP contribution is 2.31. The molecule has 0 aliphatic carbocycles. The summed E-state index contributed by atoms with van der Waals surface area (Å²) in [5, 5.41) is 11.6. The molecule has 1 aliphatic rings. The van der Waals surface area contributed by atoms with Crippen molar-refractivity contribution >= 4 is 23.5 Å². The van der Waals surface area contributed by atoms with E-state index in [1.54, 1.807) is 6.07 Å². The largest absolute Gasteiger partial charge is 0.494 e. The van der Waals surface area contributed by atoms with Gasteiger partial charge in [-0.3, -0.25) is 14.6 Å². The number of nitrogens with two attached hydrogens (primary N) is 2. The molecule has 0 bridgehead atoms. The summed E-state index contributed by atoms with van der Waals surface area (Å²) in [5.41, 5.74) is 12.2. The van der Waals surface area contributed by atoms with Crippen LogP contribution in [0.15, 0.2) is 23.2 Å². The van der Waals surface area contributed by atoms with Gasteiger partial charge in [0.1, 0.15) is 5.75 Å². The lowest BCUT2D eigenvalue weighted by molar-refractivity contribution is -0.137. The van der Waals surface area contributed by atoms with Crippen molar-refractivity contribution in [3.05, 3.63) is 23.8 Å². The maximum Gasteiger partial charge on any atom is 0.303 e. The van der Waals surface area contributed by atoms with Crippen LogP contribution in [-0.4, -0.2) is 36.1 Å². The second-order valence-electron chi connectivity index (χ2n) is 6.00. The average Bonchev–Trinajstić information content (AvgIpc) is 2.55. The van der Waals surface area contributed by atoms with Crippen molar-refractivity contribution in [3.8, 4) is 5.75 Å². The smallest absolute Gasteiger partial charge is 0.303 e. The van der Waals surface area contributed by atoms with E-state index in [9.17, 15) is 9.59 Å². The molecule has 1 aliphatic heterocycles. The molecule has 1 amide bonds. The number of aliphatic carboxylic acids is 1. The van der Waals surface area contributed by atoms with Crippen LogP contribution in [-0.2, 0) is 16.0 Å². The van der Waals surface area contributed by atoms with Gasteiger partial charge in [0.15, 0.2) is 5.96 Å². The third-order valence-electron chi connectivity index (χ3n) is 4.00. The molecule has 0 spiro atoms. The summed E-state index contributed by atoms with van der Waals surface area (Å²) in [6.07, 6.45) is 2.53. The number of rotatable bonds is 9. The minimum absolute atomic E-state index is 0.00549. The number of amides is 1. The third kappa shape index (κ3) is 5.98. The van der Waals surface area contributed by atoms with Crippen LogP contribution < -0.4 is 21.5 Å². The Morgan fingerprint density at radius 1 is 1.36 bits per heavy atom. The standard InChI is InChI=1S/C17H24N4O4/c18-17(19)20-7-1-2-8-25-13-5-3-11-9-12(4-6-15(22)23)16(24)21-14(11)10-13/h3,5,10,12H,1-2,4,6-9H2,(H,21,24)(H,22,23)(H4,18,19,20). The van der Waals surface area contributed by atoms with Gasteiger partial charge in [-0.05, 0) is 37.3 Å². The first-order valence-corrected chi connectivity index (χ1v) is 8.29. The summed E-state index contributed by atoms with van der Waals surface area (Å²) in [6.45, 7) is 1.11. The number of carboxylic acid groups (broad SMARTS) is 1. The lowest BCUT2D eigenvalue weighted by atomic mass is 9.89. The van der Waals surface area contributed by atoms with E-state index in [4.69, 9.17) is 21.3 Å². The second-order valence-corrected chi connectivity index (χ2v) is 6.00. The van der Waals surface area contributed by atoms with Crippen LogP contribution in [0.4, 0.5) is 5.69 Å². The molecule has 0 aromatic heterocycles. The number of guanidine groups is 1. The average molecular weight is 348 g/mol. The highest BCUT2D eigenvalue weighted by atomic mass is 16.5. The predicted molar refractivity (Wildman–Crippen MR) is 94.5 cm³/mol. The molecule has 1 atom stereocenters. The summed E-state index contributed by atoms with van der Waals surface area (Å²) in [4.78, 5) is 26.7. The van der Waals surface area contributed by atoms with E-state index >= 15 is 0 Å². The Bertz CT molecular complexity index is 656. The Balaban J connectivity index is 1.84. The van der Waals surface area contributed by atoms with Crippen LogP contribution >= 0.6 is 0 Å². The summed E-state index contributed by atoms with van der Waals surface area (Å²) >= 11 is 0. The minimum atomic E-state index is -0.887. The predicted octanol–water partition coefficient (Wildman–Crippen LogP) is 1.09. The molecule has 1 heterocycles. The van der Waals surface area contributed by atoms with Gasteiger partial charge in [-0.15, -0.1) is 0 Å². The zero-order chi connectivity index (χ0) is 18.2. The fourth-order valence-corrected chi connectivity index (χ4v) is 2.68. The highest BCUT2D eigenvalue weighted by Gasteiger charge is 2.26. The Morgan fingerprint density at radius 2 is 2.16 bits per heavy atom. The number of hydrogen-bond donors (Lipinski definition) is 4. The molecule has 8 heteroatoms. The van der Waals surface area contributed by atoms with Crippen LogP contribution in [0.5, 0.6) is 5.75 Å². The zero-order valence-corrected chi connectivity index (χ0v) is 14.0. The van der Waals surface area contributed by atoms with E-state index in [1.807, 2.05) is 12.1 Å². The Labute approximate surface area is 146 Å². The van der Waals surface area contributed by atoms with Gasteiger partial charge in [0, 0.05) is 30.6 Å². The van der Waals surface area contributed by atoms with Gasteiger partial charge in [0.05, 0.1) is 6.61 Å². The molecule has 1 unspecified atom stereocenters. The van der Waals surface area contributed by atoms with Gasteiger partial charge in [-0.25, -0.2) is 0 Å². The zero-order valence-electron chi connectivity index (χ0n) is 14.0. The van der Waals surface area contributed by atoms with Crippen LogP contribution in [0.1, 0.15) is 31.2 Å². The van der Waals surface area contributed by atoms with E-state index in [0.717, 1.165) is 24.1 Å². The van der Waals surface area contributed by atoms with Gasteiger partial charge >= 0.3 is 5.97 Å². The fourth-order valence-electron chi connectivity index (χ4n) is 2.68. The molecular weight excluding hydrogens is 324 g/mol. The number of aliphatic imine (C=N–C) groups is 1. The normalized spacial score (nSPS) is 15.8. The number of benzene rings is 1. The van der Waals surface area contributed by atoms with E-state index < -0.39 is 5.97 Å². The number of carbonyl (C=O) groups is 2. The van der Waals surface area contributed by atoms with E-state index in [1.165, 1.54) is 0 Å². The quantitative estimate of drug-likeness (QED) is 0.299. The van der Waals surface area contributed by atoms with Crippen molar-refractivity contribution in [2.24, 2.45) is 22.4 Å². The number of carboxylic acids is 1.